The lowest BCUT2D eigenvalue weighted by atomic mass is 9.99. The summed E-state index contributed by atoms with van der Waals surface area (Å²) in [5.41, 5.74) is -1.90. The van der Waals surface area contributed by atoms with E-state index in [9.17, 15) is 18.0 Å². The van der Waals surface area contributed by atoms with E-state index in [1.165, 1.54) is 12.1 Å². The molecular formula is C12H9BrF3NO2. The number of rotatable bonds is 3. The Kier molecular flexibility index (Phi) is 4.95. The highest BCUT2D eigenvalue weighted by atomic mass is 79.9. The second kappa shape index (κ2) is 6.06. The number of esters is 1. The molecule has 0 fully saturated rings. The molecule has 0 saturated heterocycles. The Hall–Kier alpha value is -1.55. The lowest BCUT2D eigenvalue weighted by Crippen LogP contribution is -2.16. The van der Waals surface area contributed by atoms with Gasteiger partial charge in [0.15, 0.2) is 0 Å². The third kappa shape index (κ3) is 3.96. The third-order valence-electron chi connectivity index (χ3n) is 2.23. The quantitative estimate of drug-likeness (QED) is 0.795. The summed E-state index contributed by atoms with van der Waals surface area (Å²) in [5, 5.41) is 8.78. The summed E-state index contributed by atoms with van der Waals surface area (Å²) in [6.45, 7) is 1.64. The van der Waals surface area contributed by atoms with Gasteiger partial charge < -0.3 is 4.74 Å². The van der Waals surface area contributed by atoms with Crippen LogP contribution in [0.1, 0.15) is 23.6 Å². The molecule has 19 heavy (non-hydrogen) atoms. The fourth-order valence-electron chi connectivity index (χ4n) is 1.59. The number of ether oxygens (including phenoxy) is 1. The van der Waals surface area contributed by atoms with E-state index in [-0.39, 0.29) is 12.2 Å². The van der Waals surface area contributed by atoms with Crippen LogP contribution in [0.25, 0.3) is 0 Å². The predicted octanol–water partition coefficient (Wildman–Crippen LogP) is 3.45. The van der Waals surface area contributed by atoms with E-state index in [1.54, 1.807) is 6.92 Å². The smallest absolute Gasteiger partial charge is 0.417 e. The molecule has 1 rings (SSSR count). The van der Waals surface area contributed by atoms with E-state index in [1.807, 2.05) is 0 Å². The van der Waals surface area contributed by atoms with Crippen molar-refractivity contribution in [3.63, 3.8) is 0 Å². The van der Waals surface area contributed by atoms with Crippen LogP contribution < -0.4 is 0 Å². The zero-order chi connectivity index (χ0) is 14.6. The van der Waals surface area contributed by atoms with Crippen LogP contribution in [0.15, 0.2) is 16.6 Å². The van der Waals surface area contributed by atoms with Crippen LogP contribution in [0.2, 0.25) is 0 Å². The maximum Gasteiger partial charge on any atom is 0.417 e. The third-order valence-corrected chi connectivity index (χ3v) is 2.69. The summed E-state index contributed by atoms with van der Waals surface area (Å²) >= 11 is 3.01. The van der Waals surface area contributed by atoms with Gasteiger partial charge in [-0.2, -0.15) is 18.4 Å². The number of carbonyl (C=O) groups excluding carboxylic acids is 1. The van der Waals surface area contributed by atoms with Crippen molar-refractivity contribution >= 4 is 21.9 Å². The fourth-order valence-corrected chi connectivity index (χ4v) is 2.10. The molecule has 1 aromatic carbocycles. The summed E-state index contributed by atoms with van der Waals surface area (Å²) in [7, 11) is 0. The van der Waals surface area contributed by atoms with Crippen molar-refractivity contribution in [3.05, 3.63) is 33.3 Å². The number of halogens is 4. The number of nitrogens with zero attached hydrogens (tertiary/aromatic N) is 1. The number of alkyl halides is 3. The van der Waals surface area contributed by atoms with Crippen molar-refractivity contribution in [3.8, 4) is 6.07 Å². The largest absolute Gasteiger partial charge is 0.466 e. The van der Waals surface area contributed by atoms with E-state index >= 15 is 0 Å². The first-order chi connectivity index (χ1) is 8.79. The molecule has 0 N–H and O–H groups in total. The summed E-state index contributed by atoms with van der Waals surface area (Å²) in [6, 6.07) is 3.72. The number of benzene rings is 1. The second-order valence-electron chi connectivity index (χ2n) is 3.58. The monoisotopic (exact) mass is 335 g/mol. The van der Waals surface area contributed by atoms with Gasteiger partial charge in [-0.3, -0.25) is 4.79 Å². The average Bonchev–Trinajstić information content (AvgIpc) is 2.26. The standard InChI is InChI=1S/C12H9BrF3NO2/c1-2-19-10(18)5-7-3-9(13)4-8(6-17)11(7)12(14,15)16/h3-4H,2,5H2,1H3. The lowest BCUT2D eigenvalue weighted by Gasteiger charge is -2.14. The van der Waals surface area contributed by atoms with Gasteiger partial charge >= 0.3 is 12.1 Å². The topological polar surface area (TPSA) is 50.1 Å². The Bertz CT molecular complexity index is 535. The van der Waals surface area contributed by atoms with Crippen molar-refractivity contribution in [2.45, 2.75) is 19.5 Å². The number of hydrogen-bond acceptors (Lipinski definition) is 3. The highest BCUT2D eigenvalue weighted by Gasteiger charge is 2.37. The van der Waals surface area contributed by atoms with E-state index < -0.39 is 29.7 Å². The molecule has 0 spiro atoms. The first kappa shape index (κ1) is 15.5. The minimum absolute atomic E-state index is 0.0826. The van der Waals surface area contributed by atoms with Crippen LogP contribution in [-0.4, -0.2) is 12.6 Å². The van der Waals surface area contributed by atoms with Gasteiger partial charge in [0.25, 0.3) is 0 Å². The first-order valence-electron chi connectivity index (χ1n) is 5.25. The maximum atomic E-state index is 12.9. The zero-order valence-corrected chi connectivity index (χ0v) is 11.4. The van der Waals surface area contributed by atoms with Gasteiger partial charge in [0.1, 0.15) is 0 Å². The molecule has 0 saturated carbocycles. The molecule has 0 bridgehead atoms. The second-order valence-corrected chi connectivity index (χ2v) is 4.49. The van der Waals surface area contributed by atoms with Crippen LogP contribution in [0.4, 0.5) is 13.2 Å². The molecular weight excluding hydrogens is 327 g/mol. The maximum absolute atomic E-state index is 12.9. The minimum atomic E-state index is -4.70. The zero-order valence-electron chi connectivity index (χ0n) is 9.84. The van der Waals surface area contributed by atoms with Crippen molar-refractivity contribution in [2.75, 3.05) is 6.61 Å². The van der Waals surface area contributed by atoms with Gasteiger partial charge in [-0.15, -0.1) is 0 Å². The Balaban J connectivity index is 3.33. The molecule has 102 valence electrons. The predicted molar refractivity (Wildman–Crippen MR) is 64.2 cm³/mol. The fraction of sp³-hybridized carbons (Fsp3) is 0.333. The van der Waals surface area contributed by atoms with Crippen molar-refractivity contribution in [1.82, 2.24) is 0 Å². The SMILES string of the molecule is CCOC(=O)Cc1cc(Br)cc(C#N)c1C(F)(F)F. The molecule has 0 unspecified atom stereocenters. The van der Waals surface area contributed by atoms with Crippen LogP contribution in [0, 0.1) is 11.3 Å². The minimum Gasteiger partial charge on any atom is -0.466 e. The van der Waals surface area contributed by atoms with Crippen LogP contribution in [-0.2, 0) is 22.1 Å². The summed E-state index contributed by atoms with van der Waals surface area (Å²) in [5.74, 6) is -0.769. The van der Waals surface area contributed by atoms with Crippen LogP contribution >= 0.6 is 15.9 Å². The van der Waals surface area contributed by atoms with Gasteiger partial charge in [0.2, 0.25) is 0 Å². The Morgan fingerprint density at radius 2 is 2.11 bits per heavy atom. The van der Waals surface area contributed by atoms with E-state index in [2.05, 4.69) is 20.7 Å². The molecule has 0 aliphatic rings. The molecule has 3 nitrogen and oxygen atoms in total. The number of hydrogen-bond donors (Lipinski definition) is 0. The van der Waals surface area contributed by atoms with E-state index in [4.69, 9.17) is 5.26 Å². The lowest BCUT2D eigenvalue weighted by molar-refractivity contribution is -0.143. The Morgan fingerprint density at radius 1 is 1.47 bits per heavy atom. The summed E-state index contributed by atoms with van der Waals surface area (Å²) < 4.78 is 43.8. The first-order valence-corrected chi connectivity index (χ1v) is 6.04. The molecule has 1 aromatic rings. The molecule has 0 aliphatic heterocycles. The van der Waals surface area contributed by atoms with Gasteiger partial charge in [-0.05, 0) is 24.6 Å². The molecule has 0 aromatic heterocycles. The average molecular weight is 336 g/mol. The molecule has 0 heterocycles. The molecule has 0 aliphatic carbocycles. The number of carbonyl (C=O) groups is 1. The Labute approximate surface area is 116 Å². The molecule has 0 atom stereocenters. The van der Waals surface area contributed by atoms with Gasteiger partial charge in [0, 0.05) is 4.47 Å². The van der Waals surface area contributed by atoms with Gasteiger partial charge in [-0.1, -0.05) is 15.9 Å². The molecule has 0 amide bonds. The molecule has 7 heteroatoms. The van der Waals surface area contributed by atoms with Crippen molar-refractivity contribution < 1.29 is 22.7 Å². The van der Waals surface area contributed by atoms with Crippen LogP contribution in [0.5, 0.6) is 0 Å². The van der Waals surface area contributed by atoms with Crippen molar-refractivity contribution in [1.29, 1.82) is 5.26 Å². The van der Waals surface area contributed by atoms with E-state index in [0.29, 0.717) is 4.47 Å². The van der Waals surface area contributed by atoms with Crippen LogP contribution in [0.3, 0.4) is 0 Å². The molecule has 0 radical (unpaired) electrons. The van der Waals surface area contributed by atoms with Gasteiger partial charge in [0.05, 0.1) is 30.2 Å². The summed E-state index contributed by atoms with van der Waals surface area (Å²) in [4.78, 5) is 11.3. The van der Waals surface area contributed by atoms with E-state index in [0.717, 1.165) is 6.07 Å². The highest BCUT2D eigenvalue weighted by molar-refractivity contribution is 9.10. The highest BCUT2D eigenvalue weighted by Crippen LogP contribution is 2.36. The Morgan fingerprint density at radius 3 is 2.58 bits per heavy atom. The van der Waals surface area contributed by atoms with Crippen molar-refractivity contribution in [2.24, 2.45) is 0 Å². The normalized spacial score (nSPS) is 10.9. The van der Waals surface area contributed by atoms with Gasteiger partial charge in [-0.25, -0.2) is 0 Å². The summed E-state index contributed by atoms with van der Waals surface area (Å²) in [6.07, 6.45) is -5.23. The number of nitriles is 1.